The molecule has 39 heavy (non-hydrogen) atoms. The molecule has 0 aliphatic heterocycles. The van der Waals surface area contributed by atoms with Gasteiger partial charge in [-0.05, 0) is 79.8 Å². The summed E-state index contributed by atoms with van der Waals surface area (Å²) in [7, 11) is 0. The van der Waals surface area contributed by atoms with Gasteiger partial charge in [0.15, 0.2) is 0 Å². The summed E-state index contributed by atoms with van der Waals surface area (Å²) in [6.07, 6.45) is 0. The SMILES string of the molecule is NC(=O)c1ccc2c3ccc(C(=O)O)c4c(C(=O)O)ccc(c5c(-c6ccc(Cl)cc6)cc(C(N)=O)c1c25)c43. The van der Waals surface area contributed by atoms with Crippen LogP contribution in [0.3, 0.4) is 0 Å². The number of hydrogen-bond acceptors (Lipinski definition) is 4. The van der Waals surface area contributed by atoms with E-state index in [1.54, 1.807) is 48.5 Å². The summed E-state index contributed by atoms with van der Waals surface area (Å²) in [5, 5.41) is 23.9. The number of aromatic carboxylic acids is 2. The van der Waals surface area contributed by atoms with E-state index in [0.29, 0.717) is 48.5 Å². The number of benzene rings is 6. The second-order valence-electron chi connectivity index (χ2n) is 9.17. The number of hydrogen-bond donors (Lipinski definition) is 4. The minimum atomic E-state index is -1.27. The van der Waals surface area contributed by atoms with Gasteiger partial charge in [0.25, 0.3) is 0 Å². The second-order valence-corrected chi connectivity index (χ2v) is 9.61. The summed E-state index contributed by atoms with van der Waals surface area (Å²) in [5.41, 5.74) is 12.6. The van der Waals surface area contributed by atoms with Crippen molar-refractivity contribution in [3.63, 3.8) is 0 Å². The van der Waals surface area contributed by atoms with Crippen molar-refractivity contribution >= 4 is 78.4 Å². The number of halogens is 1. The summed E-state index contributed by atoms with van der Waals surface area (Å²) in [6.45, 7) is 0. The lowest BCUT2D eigenvalue weighted by atomic mass is 9.81. The maximum Gasteiger partial charge on any atom is 0.336 e. The lowest BCUT2D eigenvalue weighted by Gasteiger charge is -2.21. The van der Waals surface area contributed by atoms with Crippen LogP contribution in [0.4, 0.5) is 0 Å². The zero-order chi connectivity index (χ0) is 27.7. The van der Waals surface area contributed by atoms with E-state index in [2.05, 4.69) is 0 Å². The molecule has 6 rings (SSSR count). The van der Waals surface area contributed by atoms with Gasteiger partial charge in [0.05, 0.1) is 11.1 Å². The summed E-state index contributed by atoms with van der Waals surface area (Å²) in [6, 6.07) is 17.5. The first-order chi connectivity index (χ1) is 18.6. The van der Waals surface area contributed by atoms with E-state index in [1.807, 2.05) is 0 Å². The van der Waals surface area contributed by atoms with Crippen LogP contribution in [0, 0.1) is 0 Å². The normalized spacial score (nSPS) is 11.5. The molecule has 6 aromatic rings. The predicted octanol–water partition coefficient (Wildman–Crippen LogP) is 5.65. The van der Waals surface area contributed by atoms with Crippen molar-refractivity contribution in [1.82, 2.24) is 0 Å². The highest BCUT2D eigenvalue weighted by molar-refractivity contribution is 6.40. The molecule has 6 N–H and O–H groups in total. The van der Waals surface area contributed by atoms with Crippen LogP contribution in [0.5, 0.6) is 0 Å². The zero-order valence-electron chi connectivity index (χ0n) is 19.9. The van der Waals surface area contributed by atoms with Gasteiger partial charge in [0, 0.05) is 26.9 Å². The van der Waals surface area contributed by atoms with E-state index in [0.717, 1.165) is 0 Å². The van der Waals surface area contributed by atoms with Crippen molar-refractivity contribution in [1.29, 1.82) is 0 Å². The average molecular weight is 537 g/mol. The van der Waals surface area contributed by atoms with Crippen LogP contribution >= 0.6 is 11.6 Å². The van der Waals surface area contributed by atoms with Gasteiger partial charge in [-0.25, -0.2) is 9.59 Å². The lowest BCUT2D eigenvalue weighted by Crippen LogP contribution is -2.17. The number of carboxylic acid groups (broad SMARTS) is 2. The molecule has 0 unspecified atom stereocenters. The van der Waals surface area contributed by atoms with Gasteiger partial charge in [-0.1, -0.05) is 41.9 Å². The fourth-order valence-corrected chi connectivity index (χ4v) is 5.74. The Morgan fingerprint density at radius 2 is 1.03 bits per heavy atom. The molecule has 0 bridgehead atoms. The maximum absolute atomic E-state index is 12.8. The first-order valence-electron chi connectivity index (χ1n) is 11.7. The topological polar surface area (TPSA) is 161 Å². The highest BCUT2D eigenvalue weighted by atomic mass is 35.5. The molecular formula is C30H17ClN2O6. The Morgan fingerprint density at radius 1 is 0.538 bits per heavy atom. The third-order valence-electron chi connectivity index (χ3n) is 7.15. The summed E-state index contributed by atoms with van der Waals surface area (Å²) in [5.74, 6) is -4.08. The molecule has 0 aromatic heterocycles. The molecule has 0 saturated heterocycles. The standard InChI is InChI=1S/C30H17ClN2O6/c31-13-3-1-12(2-4-13)20-11-21(28(33)35)24-17(27(32)34)8-5-15-14-6-9-18(29(36)37)25-19(30(38)39)10-7-16(22(14)25)23(20)26(15)24/h1-11H,(H2,32,34)(H2,33,35)(H,36,37)(H,38,39). The van der Waals surface area contributed by atoms with E-state index in [9.17, 15) is 29.4 Å². The Morgan fingerprint density at radius 3 is 1.56 bits per heavy atom. The number of rotatable bonds is 5. The van der Waals surface area contributed by atoms with Crippen LogP contribution in [0.25, 0.3) is 54.2 Å². The lowest BCUT2D eigenvalue weighted by molar-refractivity contribution is 0.0695. The van der Waals surface area contributed by atoms with E-state index < -0.39 is 23.8 Å². The molecule has 190 valence electrons. The average Bonchev–Trinajstić information content (AvgIpc) is 2.90. The van der Waals surface area contributed by atoms with Crippen molar-refractivity contribution in [2.45, 2.75) is 0 Å². The minimum absolute atomic E-state index is 0.0730. The van der Waals surface area contributed by atoms with Crippen molar-refractivity contribution in [2.75, 3.05) is 0 Å². The van der Waals surface area contributed by atoms with Crippen molar-refractivity contribution < 1.29 is 29.4 Å². The number of carboxylic acids is 2. The number of fused-ring (bicyclic) bond motifs is 2. The molecule has 0 fully saturated rings. The highest BCUT2D eigenvalue weighted by Crippen LogP contribution is 2.47. The Hall–Kier alpha value is -5.21. The Labute approximate surface area is 224 Å². The Kier molecular flexibility index (Phi) is 5.20. The van der Waals surface area contributed by atoms with Crippen LogP contribution in [0.15, 0.2) is 66.7 Å². The molecule has 8 nitrogen and oxygen atoms in total. The monoisotopic (exact) mass is 536 g/mol. The third kappa shape index (κ3) is 3.39. The first-order valence-corrected chi connectivity index (χ1v) is 12.0. The smallest absolute Gasteiger partial charge is 0.336 e. The largest absolute Gasteiger partial charge is 0.478 e. The molecule has 0 radical (unpaired) electrons. The van der Waals surface area contributed by atoms with Crippen molar-refractivity contribution in [2.24, 2.45) is 11.5 Å². The van der Waals surface area contributed by atoms with Crippen LogP contribution < -0.4 is 11.5 Å². The number of carbonyl (C=O) groups excluding carboxylic acids is 2. The quantitative estimate of drug-likeness (QED) is 0.164. The molecule has 0 spiro atoms. The zero-order valence-corrected chi connectivity index (χ0v) is 20.7. The summed E-state index contributed by atoms with van der Waals surface area (Å²) >= 11 is 6.13. The number of carbonyl (C=O) groups is 4. The van der Waals surface area contributed by atoms with Crippen LogP contribution in [-0.4, -0.2) is 34.0 Å². The van der Waals surface area contributed by atoms with E-state index in [4.69, 9.17) is 23.1 Å². The summed E-state index contributed by atoms with van der Waals surface area (Å²) < 4.78 is 0. The van der Waals surface area contributed by atoms with E-state index >= 15 is 0 Å². The van der Waals surface area contributed by atoms with Crippen molar-refractivity contribution in [3.8, 4) is 11.1 Å². The number of nitrogens with two attached hydrogens (primary N) is 2. The van der Waals surface area contributed by atoms with Gasteiger partial charge in [-0.15, -0.1) is 0 Å². The Bertz CT molecular complexity index is 2060. The molecule has 0 heterocycles. The van der Waals surface area contributed by atoms with Crippen LogP contribution in [-0.2, 0) is 0 Å². The first kappa shape index (κ1) is 24.1. The van der Waals surface area contributed by atoms with Gasteiger partial charge in [-0.3, -0.25) is 9.59 Å². The second kappa shape index (κ2) is 8.41. The fourth-order valence-electron chi connectivity index (χ4n) is 5.61. The maximum atomic E-state index is 12.8. The van der Waals surface area contributed by atoms with Crippen LogP contribution in [0.2, 0.25) is 5.02 Å². The highest BCUT2D eigenvalue weighted by Gasteiger charge is 2.26. The predicted molar refractivity (Wildman–Crippen MR) is 149 cm³/mol. The molecule has 0 atom stereocenters. The van der Waals surface area contributed by atoms with Gasteiger partial charge < -0.3 is 21.7 Å². The molecular weight excluding hydrogens is 520 g/mol. The van der Waals surface area contributed by atoms with Gasteiger partial charge >= 0.3 is 11.9 Å². The third-order valence-corrected chi connectivity index (χ3v) is 7.40. The van der Waals surface area contributed by atoms with E-state index in [1.165, 1.54) is 18.2 Å². The molecule has 2 amide bonds. The number of amides is 2. The molecule has 6 aromatic carbocycles. The Balaban J connectivity index is 2.01. The van der Waals surface area contributed by atoms with Crippen LogP contribution in [0.1, 0.15) is 41.4 Å². The molecule has 0 aliphatic rings. The fraction of sp³-hybridized carbons (Fsp3) is 0. The van der Waals surface area contributed by atoms with Gasteiger partial charge in [-0.2, -0.15) is 0 Å². The van der Waals surface area contributed by atoms with Crippen molar-refractivity contribution in [3.05, 3.63) is 94.0 Å². The number of primary amides is 2. The molecule has 0 saturated carbocycles. The van der Waals surface area contributed by atoms with Gasteiger partial charge in [0.2, 0.25) is 11.8 Å². The summed E-state index contributed by atoms with van der Waals surface area (Å²) in [4.78, 5) is 49.7. The molecule has 9 heteroatoms. The molecule has 0 aliphatic carbocycles. The minimum Gasteiger partial charge on any atom is -0.478 e. The van der Waals surface area contributed by atoms with Gasteiger partial charge in [0.1, 0.15) is 0 Å². The van der Waals surface area contributed by atoms with E-state index in [-0.39, 0.29) is 33.0 Å².